The average molecular weight is 314 g/mol. The highest BCUT2D eigenvalue weighted by atomic mass is 32.2. The van der Waals surface area contributed by atoms with Gasteiger partial charge in [-0.15, -0.1) is 10.2 Å². The summed E-state index contributed by atoms with van der Waals surface area (Å²) in [5.41, 5.74) is 3.67. The van der Waals surface area contributed by atoms with Crippen molar-refractivity contribution in [3.63, 3.8) is 0 Å². The highest BCUT2D eigenvalue weighted by Crippen LogP contribution is 2.24. The molecule has 0 bridgehead atoms. The quantitative estimate of drug-likeness (QED) is 0.672. The minimum atomic E-state index is 0.620. The molecule has 0 amide bonds. The zero-order valence-electron chi connectivity index (χ0n) is 12.9. The molecule has 0 saturated heterocycles. The molecule has 6 heteroatoms. The van der Waals surface area contributed by atoms with Crippen molar-refractivity contribution in [3.8, 4) is 5.69 Å². The molecule has 0 fully saturated rings. The minimum absolute atomic E-state index is 0.620. The van der Waals surface area contributed by atoms with Crippen LogP contribution in [-0.4, -0.2) is 19.7 Å². The molecule has 0 radical (unpaired) electrons. The van der Waals surface area contributed by atoms with E-state index in [-0.39, 0.29) is 0 Å². The summed E-state index contributed by atoms with van der Waals surface area (Å²) in [6.45, 7) is 6.23. The van der Waals surface area contributed by atoms with E-state index in [2.05, 4.69) is 51.8 Å². The molecule has 3 aromatic rings. The Bertz CT molecular complexity index is 778. The van der Waals surface area contributed by atoms with Gasteiger partial charge in [0.25, 0.3) is 0 Å². The van der Waals surface area contributed by atoms with E-state index in [1.165, 1.54) is 11.1 Å². The number of aryl methyl sites for hydroxylation is 3. The highest BCUT2D eigenvalue weighted by molar-refractivity contribution is 7.98. The smallest absolute Gasteiger partial charge is 0.226 e. The van der Waals surface area contributed by atoms with Crippen molar-refractivity contribution in [2.24, 2.45) is 0 Å². The third kappa shape index (κ3) is 3.06. The van der Waals surface area contributed by atoms with Crippen LogP contribution in [0.25, 0.3) is 5.69 Å². The first-order chi connectivity index (χ1) is 10.7. The summed E-state index contributed by atoms with van der Waals surface area (Å²) in [5, 5.41) is 8.94. The van der Waals surface area contributed by atoms with Crippen LogP contribution in [0.1, 0.15) is 29.8 Å². The molecule has 22 heavy (non-hydrogen) atoms. The first kappa shape index (κ1) is 14.8. The number of benzene rings is 1. The SMILES string of the molecule is CCc1nnc(CSc2nccn2-c2ccc(C)c(C)c2)o1. The molecule has 114 valence electrons. The van der Waals surface area contributed by atoms with Crippen LogP contribution >= 0.6 is 11.8 Å². The summed E-state index contributed by atoms with van der Waals surface area (Å²) in [7, 11) is 0. The fraction of sp³-hybridized carbons (Fsp3) is 0.312. The van der Waals surface area contributed by atoms with Gasteiger partial charge in [0.2, 0.25) is 11.8 Å². The van der Waals surface area contributed by atoms with Crippen molar-refractivity contribution in [1.29, 1.82) is 0 Å². The van der Waals surface area contributed by atoms with Crippen molar-refractivity contribution in [1.82, 2.24) is 19.7 Å². The summed E-state index contributed by atoms with van der Waals surface area (Å²) >= 11 is 1.59. The molecule has 0 unspecified atom stereocenters. The third-order valence-corrected chi connectivity index (χ3v) is 4.46. The number of rotatable bonds is 5. The summed E-state index contributed by atoms with van der Waals surface area (Å²) in [6.07, 6.45) is 4.54. The molecule has 3 rings (SSSR count). The predicted molar refractivity (Wildman–Crippen MR) is 86.3 cm³/mol. The second-order valence-electron chi connectivity index (χ2n) is 5.08. The fourth-order valence-electron chi connectivity index (χ4n) is 2.08. The van der Waals surface area contributed by atoms with E-state index in [1.54, 1.807) is 11.8 Å². The molecule has 0 atom stereocenters. The third-order valence-electron chi connectivity index (χ3n) is 3.51. The maximum atomic E-state index is 5.53. The van der Waals surface area contributed by atoms with Gasteiger partial charge in [0.15, 0.2) is 5.16 Å². The highest BCUT2D eigenvalue weighted by Gasteiger charge is 2.10. The number of hydrogen-bond acceptors (Lipinski definition) is 5. The molecule has 5 nitrogen and oxygen atoms in total. The molecular weight excluding hydrogens is 296 g/mol. The van der Waals surface area contributed by atoms with E-state index < -0.39 is 0 Å². The van der Waals surface area contributed by atoms with Gasteiger partial charge in [0.05, 0.1) is 5.75 Å². The molecule has 0 saturated carbocycles. The Morgan fingerprint density at radius 2 is 1.95 bits per heavy atom. The number of thioether (sulfide) groups is 1. The van der Waals surface area contributed by atoms with Crippen LogP contribution in [0, 0.1) is 13.8 Å². The number of nitrogens with zero attached hydrogens (tertiary/aromatic N) is 4. The van der Waals surface area contributed by atoms with Gasteiger partial charge in [-0.3, -0.25) is 4.57 Å². The van der Waals surface area contributed by atoms with E-state index in [0.29, 0.717) is 17.5 Å². The van der Waals surface area contributed by atoms with E-state index in [1.807, 2.05) is 19.3 Å². The second kappa shape index (κ2) is 6.36. The summed E-state index contributed by atoms with van der Waals surface area (Å²) in [6, 6.07) is 6.41. The lowest BCUT2D eigenvalue weighted by Crippen LogP contribution is -1.96. The average Bonchev–Trinajstić information content (AvgIpc) is 3.16. The Hall–Kier alpha value is -2.08. The maximum absolute atomic E-state index is 5.53. The molecule has 0 N–H and O–H groups in total. The van der Waals surface area contributed by atoms with Crippen molar-refractivity contribution in [3.05, 3.63) is 53.5 Å². The summed E-state index contributed by atoms with van der Waals surface area (Å²) < 4.78 is 7.61. The van der Waals surface area contributed by atoms with Crippen LogP contribution in [0.2, 0.25) is 0 Å². The Morgan fingerprint density at radius 3 is 2.68 bits per heavy atom. The minimum Gasteiger partial charge on any atom is -0.424 e. The summed E-state index contributed by atoms with van der Waals surface area (Å²) in [5.74, 6) is 1.93. The van der Waals surface area contributed by atoms with Gasteiger partial charge in [-0.25, -0.2) is 4.98 Å². The number of aromatic nitrogens is 4. The van der Waals surface area contributed by atoms with Gasteiger partial charge in [0, 0.05) is 24.5 Å². The summed E-state index contributed by atoms with van der Waals surface area (Å²) in [4.78, 5) is 4.42. The standard InChI is InChI=1S/C16H18N4OS/c1-4-14-18-19-15(21-14)10-22-16-17-7-8-20(16)13-6-5-11(2)12(3)9-13/h5-9H,4,10H2,1-3H3. The van der Waals surface area contributed by atoms with Gasteiger partial charge < -0.3 is 4.42 Å². The van der Waals surface area contributed by atoms with E-state index in [0.717, 1.165) is 17.3 Å². The largest absolute Gasteiger partial charge is 0.424 e. The van der Waals surface area contributed by atoms with E-state index in [9.17, 15) is 0 Å². The van der Waals surface area contributed by atoms with Gasteiger partial charge in [-0.05, 0) is 37.1 Å². The topological polar surface area (TPSA) is 56.7 Å². The molecule has 0 aliphatic carbocycles. The number of imidazole rings is 1. The van der Waals surface area contributed by atoms with Gasteiger partial charge in [-0.1, -0.05) is 24.8 Å². The molecule has 1 aromatic carbocycles. The predicted octanol–water partition coefficient (Wildman–Crippen LogP) is 3.73. The van der Waals surface area contributed by atoms with Crippen molar-refractivity contribution < 1.29 is 4.42 Å². The molecule has 2 heterocycles. The van der Waals surface area contributed by atoms with Crippen LogP contribution in [0.4, 0.5) is 0 Å². The second-order valence-corrected chi connectivity index (χ2v) is 6.02. The Labute approximate surface area is 133 Å². The lowest BCUT2D eigenvalue weighted by Gasteiger charge is -2.09. The first-order valence-electron chi connectivity index (χ1n) is 7.22. The number of hydrogen-bond donors (Lipinski definition) is 0. The van der Waals surface area contributed by atoms with Gasteiger partial charge in [-0.2, -0.15) is 0 Å². The lowest BCUT2D eigenvalue weighted by atomic mass is 10.1. The van der Waals surface area contributed by atoms with Crippen LogP contribution < -0.4 is 0 Å². The molecular formula is C16H18N4OS. The van der Waals surface area contributed by atoms with Crippen molar-refractivity contribution in [2.75, 3.05) is 0 Å². The van der Waals surface area contributed by atoms with Crippen LogP contribution in [0.5, 0.6) is 0 Å². The lowest BCUT2D eigenvalue weighted by molar-refractivity contribution is 0.470. The zero-order valence-corrected chi connectivity index (χ0v) is 13.7. The van der Waals surface area contributed by atoms with Crippen molar-refractivity contribution in [2.45, 2.75) is 38.1 Å². The van der Waals surface area contributed by atoms with Gasteiger partial charge in [0.1, 0.15) is 0 Å². The van der Waals surface area contributed by atoms with Crippen LogP contribution in [0.15, 0.2) is 40.2 Å². The molecule has 0 aliphatic rings. The molecule has 0 aliphatic heterocycles. The molecule has 0 spiro atoms. The monoisotopic (exact) mass is 314 g/mol. The van der Waals surface area contributed by atoms with Crippen LogP contribution in [-0.2, 0) is 12.2 Å². The van der Waals surface area contributed by atoms with E-state index >= 15 is 0 Å². The maximum Gasteiger partial charge on any atom is 0.226 e. The van der Waals surface area contributed by atoms with Gasteiger partial charge >= 0.3 is 0 Å². The normalized spacial score (nSPS) is 11.0. The van der Waals surface area contributed by atoms with E-state index in [4.69, 9.17) is 4.42 Å². The first-order valence-corrected chi connectivity index (χ1v) is 8.21. The van der Waals surface area contributed by atoms with Crippen LogP contribution in [0.3, 0.4) is 0 Å². The Morgan fingerprint density at radius 1 is 1.14 bits per heavy atom. The van der Waals surface area contributed by atoms with Crippen molar-refractivity contribution >= 4 is 11.8 Å². The molecule has 2 aromatic heterocycles. The Kier molecular flexibility index (Phi) is 4.29. The zero-order chi connectivity index (χ0) is 15.5. The fourth-order valence-corrected chi connectivity index (χ4v) is 2.89. The Balaban J connectivity index is 1.78.